The third-order valence-electron chi connectivity index (χ3n) is 2.49. The van der Waals surface area contributed by atoms with Crippen molar-refractivity contribution in [1.82, 2.24) is 4.72 Å². The molecule has 0 aromatic heterocycles. The van der Waals surface area contributed by atoms with Gasteiger partial charge in [0.1, 0.15) is 0 Å². The van der Waals surface area contributed by atoms with E-state index in [9.17, 15) is 8.42 Å². The molecule has 1 aliphatic heterocycles. The van der Waals surface area contributed by atoms with Gasteiger partial charge in [-0.2, -0.15) is 0 Å². The lowest BCUT2D eigenvalue weighted by Gasteiger charge is -2.17. The van der Waals surface area contributed by atoms with Gasteiger partial charge in [-0.15, -0.1) is 11.6 Å². The number of alkyl halides is 1. The lowest BCUT2D eigenvalue weighted by molar-refractivity contribution is 0.127. The standard InChI is InChI=1S/C10H20ClNO3S/c1-8(11)6-9(2)12-16(13,14)7-10-4-3-5-15-10/h8-10,12H,3-7H2,1-2H3. The van der Waals surface area contributed by atoms with Crippen LogP contribution in [-0.2, 0) is 14.8 Å². The van der Waals surface area contributed by atoms with Crippen molar-refractivity contribution >= 4 is 21.6 Å². The molecule has 0 aromatic rings. The first kappa shape index (κ1) is 14.2. The lowest BCUT2D eigenvalue weighted by atomic mass is 10.2. The summed E-state index contributed by atoms with van der Waals surface area (Å²) >= 11 is 5.81. The highest BCUT2D eigenvalue weighted by Gasteiger charge is 2.24. The van der Waals surface area contributed by atoms with Gasteiger partial charge in [-0.05, 0) is 33.1 Å². The van der Waals surface area contributed by atoms with Crippen LogP contribution in [0.1, 0.15) is 33.1 Å². The smallest absolute Gasteiger partial charge is 0.214 e. The minimum absolute atomic E-state index is 0.0274. The Morgan fingerprint density at radius 3 is 2.69 bits per heavy atom. The molecule has 0 aromatic carbocycles. The number of nitrogens with one attached hydrogen (secondary N) is 1. The summed E-state index contributed by atoms with van der Waals surface area (Å²) < 4.78 is 31.4. The summed E-state index contributed by atoms with van der Waals surface area (Å²) in [5, 5.41) is -0.0274. The molecule has 0 saturated carbocycles. The molecule has 1 fully saturated rings. The van der Waals surface area contributed by atoms with Crippen molar-refractivity contribution in [3.05, 3.63) is 0 Å². The Bertz CT molecular complexity index is 299. The van der Waals surface area contributed by atoms with E-state index < -0.39 is 10.0 Å². The zero-order valence-corrected chi connectivity index (χ0v) is 11.4. The molecular weight excluding hydrogens is 250 g/mol. The molecule has 0 radical (unpaired) electrons. The van der Waals surface area contributed by atoms with Crippen molar-refractivity contribution in [3.63, 3.8) is 0 Å². The van der Waals surface area contributed by atoms with E-state index >= 15 is 0 Å². The lowest BCUT2D eigenvalue weighted by Crippen LogP contribution is -2.38. The molecule has 96 valence electrons. The monoisotopic (exact) mass is 269 g/mol. The van der Waals surface area contributed by atoms with Crippen LogP contribution in [0.2, 0.25) is 0 Å². The van der Waals surface area contributed by atoms with Crippen LogP contribution in [0.3, 0.4) is 0 Å². The molecule has 1 rings (SSSR count). The Morgan fingerprint density at radius 1 is 1.50 bits per heavy atom. The highest BCUT2D eigenvalue weighted by molar-refractivity contribution is 7.89. The molecule has 1 N–H and O–H groups in total. The van der Waals surface area contributed by atoms with Crippen molar-refractivity contribution in [1.29, 1.82) is 0 Å². The van der Waals surface area contributed by atoms with Gasteiger partial charge in [0.25, 0.3) is 0 Å². The second-order valence-corrected chi connectivity index (χ2v) is 7.00. The zero-order chi connectivity index (χ0) is 12.2. The van der Waals surface area contributed by atoms with Crippen molar-refractivity contribution in [3.8, 4) is 0 Å². The first-order valence-corrected chi connectivity index (χ1v) is 7.73. The summed E-state index contributed by atoms with van der Waals surface area (Å²) in [5.41, 5.74) is 0. The second kappa shape index (κ2) is 6.19. The van der Waals surface area contributed by atoms with Crippen molar-refractivity contribution < 1.29 is 13.2 Å². The Kier molecular flexibility index (Phi) is 5.50. The van der Waals surface area contributed by atoms with Gasteiger partial charge in [-0.3, -0.25) is 0 Å². The maximum atomic E-state index is 11.7. The first-order chi connectivity index (χ1) is 7.39. The molecule has 1 saturated heterocycles. The van der Waals surface area contributed by atoms with E-state index in [0.29, 0.717) is 13.0 Å². The third kappa shape index (κ3) is 5.48. The fourth-order valence-corrected chi connectivity index (χ4v) is 3.74. The van der Waals surface area contributed by atoms with E-state index in [2.05, 4.69) is 4.72 Å². The van der Waals surface area contributed by atoms with Crippen LogP contribution in [0, 0.1) is 0 Å². The maximum absolute atomic E-state index is 11.7. The van der Waals surface area contributed by atoms with Gasteiger partial charge in [0.2, 0.25) is 10.0 Å². The summed E-state index contributed by atoms with van der Waals surface area (Å²) in [7, 11) is -3.24. The van der Waals surface area contributed by atoms with Crippen LogP contribution in [0.15, 0.2) is 0 Å². The summed E-state index contributed by atoms with van der Waals surface area (Å²) in [4.78, 5) is 0. The fourth-order valence-electron chi connectivity index (χ4n) is 1.91. The molecule has 3 unspecified atom stereocenters. The van der Waals surface area contributed by atoms with Gasteiger partial charge in [0, 0.05) is 18.0 Å². The average Bonchev–Trinajstić information content (AvgIpc) is 2.51. The number of rotatable bonds is 6. The van der Waals surface area contributed by atoms with E-state index in [1.165, 1.54) is 0 Å². The van der Waals surface area contributed by atoms with E-state index in [-0.39, 0.29) is 23.3 Å². The molecule has 0 amide bonds. The van der Waals surface area contributed by atoms with Crippen LogP contribution in [0.5, 0.6) is 0 Å². The minimum atomic E-state index is -3.24. The van der Waals surface area contributed by atoms with Crippen molar-refractivity contribution in [2.24, 2.45) is 0 Å². The van der Waals surface area contributed by atoms with Crippen molar-refractivity contribution in [2.45, 2.75) is 50.6 Å². The molecule has 1 heterocycles. The molecule has 6 heteroatoms. The summed E-state index contributed by atoms with van der Waals surface area (Å²) in [6.45, 7) is 4.35. The maximum Gasteiger partial charge on any atom is 0.214 e. The van der Waals surface area contributed by atoms with E-state index in [1.54, 1.807) is 0 Å². The average molecular weight is 270 g/mol. The Hall–Kier alpha value is 0.160. The first-order valence-electron chi connectivity index (χ1n) is 5.65. The molecule has 0 bridgehead atoms. The van der Waals surface area contributed by atoms with Gasteiger partial charge in [0.05, 0.1) is 11.9 Å². The fraction of sp³-hybridized carbons (Fsp3) is 1.00. The van der Waals surface area contributed by atoms with E-state index in [0.717, 1.165) is 12.8 Å². The number of ether oxygens (including phenoxy) is 1. The highest BCUT2D eigenvalue weighted by atomic mass is 35.5. The van der Waals surface area contributed by atoms with Gasteiger partial charge in [-0.25, -0.2) is 13.1 Å². The van der Waals surface area contributed by atoms with Crippen LogP contribution < -0.4 is 4.72 Å². The van der Waals surface area contributed by atoms with Crippen molar-refractivity contribution in [2.75, 3.05) is 12.4 Å². The van der Waals surface area contributed by atoms with Crippen LogP contribution in [0.4, 0.5) is 0 Å². The number of hydrogen-bond acceptors (Lipinski definition) is 3. The molecule has 4 nitrogen and oxygen atoms in total. The molecule has 3 atom stereocenters. The summed E-state index contributed by atoms with van der Waals surface area (Å²) in [6, 6.07) is -0.126. The normalized spacial score (nSPS) is 25.6. The minimum Gasteiger partial charge on any atom is -0.377 e. The van der Waals surface area contributed by atoms with Gasteiger partial charge < -0.3 is 4.74 Å². The predicted molar refractivity (Wildman–Crippen MR) is 65.3 cm³/mol. The SMILES string of the molecule is CC(Cl)CC(C)NS(=O)(=O)CC1CCCO1. The second-order valence-electron chi connectivity index (χ2n) is 4.45. The molecule has 0 spiro atoms. The number of hydrogen-bond donors (Lipinski definition) is 1. The van der Waals surface area contributed by atoms with Crippen LogP contribution in [0.25, 0.3) is 0 Å². The molecule has 1 aliphatic rings. The van der Waals surface area contributed by atoms with Crippen LogP contribution >= 0.6 is 11.6 Å². The molecule has 16 heavy (non-hydrogen) atoms. The van der Waals surface area contributed by atoms with Gasteiger partial charge >= 0.3 is 0 Å². The Morgan fingerprint density at radius 2 is 2.19 bits per heavy atom. The zero-order valence-electron chi connectivity index (χ0n) is 9.78. The summed E-state index contributed by atoms with van der Waals surface area (Å²) in [6.07, 6.45) is 2.28. The number of halogens is 1. The number of sulfonamides is 1. The van der Waals surface area contributed by atoms with E-state index in [4.69, 9.17) is 16.3 Å². The quantitative estimate of drug-likeness (QED) is 0.744. The van der Waals surface area contributed by atoms with E-state index in [1.807, 2.05) is 13.8 Å². The highest BCUT2D eigenvalue weighted by Crippen LogP contribution is 2.14. The largest absolute Gasteiger partial charge is 0.377 e. The Balaban J connectivity index is 2.38. The summed E-state index contributed by atoms with van der Waals surface area (Å²) in [5.74, 6) is 0.0635. The van der Waals surface area contributed by atoms with Gasteiger partial charge in [-0.1, -0.05) is 0 Å². The predicted octanol–water partition coefficient (Wildman–Crippen LogP) is 1.49. The molecule has 0 aliphatic carbocycles. The van der Waals surface area contributed by atoms with Crippen LogP contribution in [-0.4, -0.2) is 38.3 Å². The molecular formula is C10H20ClNO3S. The Labute approximate surface area is 103 Å². The third-order valence-corrected chi connectivity index (χ3v) is 4.24. The van der Waals surface area contributed by atoms with Gasteiger partial charge in [0.15, 0.2) is 0 Å². The topological polar surface area (TPSA) is 55.4 Å².